The summed E-state index contributed by atoms with van der Waals surface area (Å²) in [5.41, 5.74) is 2.61. The van der Waals surface area contributed by atoms with E-state index in [9.17, 15) is 68.7 Å². The Labute approximate surface area is 375 Å². The van der Waals surface area contributed by atoms with Crippen LogP contribution in [0.4, 0.5) is 0 Å². The van der Waals surface area contributed by atoms with Crippen molar-refractivity contribution >= 4 is 53.4 Å². The summed E-state index contributed by atoms with van der Waals surface area (Å²) in [6.45, 7) is 2.49. The van der Waals surface area contributed by atoms with Gasteiger partial charge in [0, 0.05) is 88.4 Å². The number of aliphatic carboxylic acids is 5. The number of hydrogen-bond acceptors (Lipinski definition) is 13. The Kier molecular flexibility index (Phi) is 23.7. The lowest BCUT2D eigenvalue weighted by atomic mass is 9.96. The van der Waals surface area contributed by atoms with Crippen LogP contribution in [0, 0.1) is 12.8 Å². The smallest absolute Gasteiger partial charge is 0.326 e. The number of rotatable bonds is 33. The third-order valence-corrected chi connectivity index (χ3v) is 10.3. The van der Waals surface area contributed by atoms with E-state index in [1.54, 1.807) is 31.2 Å². The van der Waals surface area contributed by atoms with Crippen molar-refractivity contribution in [2.45, 2.75) is 104 Å². The van der Waals surface area contributed by atoms with Gasteiger partial charge in [-0.1, -0.05) is 24.3 Å². The number of unbranched alkanes of at least 4 members (excludes halogenated alkanes) is 1. The highest BCUT2D eigenvalue weighted by Crippen LogP contribution is 2.27. The number of aryl methyl sites for hydroxylation is 3. The molecule has 358 valence electrons. The highest BCUT2D eigenvalue weighted by atomic mass is 16.4. The van der Waals surface area contributed by atoms with Crippen LogP contribution in [0.5, 0.6) is 11.5 Å². The lowest BCUT2D eigenvalue weighted by Crippen LogP contribution is -2.42. The number of carboxylic acid groups (broad SMARTS) is 5. The normalized spacial score (nSPS) is 12.0. The van der Waals surface area contributed by atoms with Gasteiger partial charge in [-0.15, -0.1) is 0 Å². The number of phenols is 2. The molecular formula is C44H61N5O16. The van der Waals surface area contributed by atoms with Gasteiger partial charge >= 0.3 is 29.8 Å². The number of aromatic hydroxyl groups is 2. The zero-order valence-electron chi connectivity index (χ0n) is 36.7. The van der Waals surface area contributed by atoms with Crippen molar-refractivity contribution in [3.05, 3.63) is 58.1 Å². The number of carboxylic acids is 5. The Hall–Kier alpha value is -6.61. The topological polar surface area (TPSA) is 338 Å². The zero-order chi connectivity index (χ0) is 48.6. The molecule has 21 nitrogen and oxygen atoms in total. The van der Waals surface area contributed by atoms with Crippen molar-refractivity contribution < 1.29 is 78.9 Å². The predicted octanol–water partition coefficient (Wildman–Crippen LogP) is 1.65. The molecule has 0 saturated heterocycles. The number of benzene rings is 2. The lowest BCUT2D eigenvalue weighted by molar-refractivity contribution is -0.143. The summed E-state index contributed by atoms with van der Waals surface area (Å²) in [6.07, 6.45) is 0.500. The van der Waals surface area contributed by atoms with Crippen LogP contribution in [0.2, 0.25) is 0 Å². The van der Waals surface area contributed by atoms with Crippen molar-refractivity contribution in [1.29, 1.82) is 0 Å². The van der Waals surface area contributed by atoms with Crippen LogP contribution in [0.3, 0.4) is 0 Å². The van der Waals surface area contributed by atoms with E-state index in [2.05, 4.69) is 16.0 Å². The maximum absolute atomic E-state index is 12.6. The second-order valence-corrected chi connectivity index (χ2v) is 15.8. The van der Waals surface area contributed by atoms with Crippen molar-refractivity contribution in [2.75, 3.05) is 39.3 Å². The summed E-state index contributed by atoms with van der Waals surface area (Å²) in [7, 11) is 0. The summed E-state index contributed by atoms with van der Waals surface area (Å²) in [4.78, 5) is 109. The Balaban J connectivity index is 1.85. The van der Waals surface area contributed by atoms with Gasteiger partial charge in [0.05, 0.1) is 13.1 Å². The number of Topliss-reactive ketones (excluding diaryl/α,β-unsaturated/α-hetero) is 1. The molecule has 0 bridgehead atoms. The molecule has 0 radical (unpaired) electrons. The van der Waals surface area contributed by atoms with Crippen molar-refractivity contribution in [3.8, 4) is 11.5 Å². The first kappa shape index (κ1) is 54.5. The number of phenolic OH excluding ortho intramolecular Hbond substituents is 2. The van der Waals surface area contributed by atoms with Crippen LogP contribution in [-0.2, 0) is 69.1 Å². The molecule has 0 spiro atoms. The van der Waals surface area contributed by atoms with Crippen LogP contribution in [0.15, 0.2) is 30.3 Å². The van der Waals surface area contributed by atoms with E-state index in [1.165, 1.54) is 22.8 Å². The summed E-state index contributed by atoms with van der Waals surface area (Å²) in [5.74, 6) is -8.53. The van der Waals surface area contributed by atoms with Crippen molar-refractivity contribution in [3.63, 3.8) is 0 Å². The van der Waals surface area contributed by atoms with Gasteiger partial charge < -0.3 is 51.7 Å². The minimum absolute atomic E-state index is 0.0184. The van der Waals surface area contributed by atoms with Crippen molar-refractivity contribution in [1.82, 2.24) is 25.8 Å². The molecule has 0 aliphatic heterocycles. The first-order valence-electron chi connectivity index (χ1n) is 21.1. The number of carbonyl (C=O) groups excluding carboxylic acids is 4. The fourth-order valence-corrected chi connectivity index (χ4v) is 6.86. The maximum atomic E-state index is 12.6. The Morgan fingerprint density at radius 1 is 0.615 bits per heavy atom. The highest BCUT2D eigenvalue weighted by molar-refractivity contribution is 5.88. The molecule has 3 amide bonds. The fourth-order valence-electron chi connectivity index (χ4n) is 6.86. The molecular weight excluding hydrogens is 855 g/mol. The minimum Gasteiger partial charge on any atom is -0.508 e. The molecule has 0 aliphatic carbocycles. The van der Waals surface area contributed by atoms with Crippen LogP contribution in [0.25, 0.3) is 0 Å². The van der Waals surface area contributed by atoms with E-state index in [4.69, 9.17) is 10.2 Å². The third kappa shape index (κ3) is 22.5. The molecule has 2 aromatic rings. The predicted molar refractivity (Wildman–Crippen MR) is 231 cm³/mol. The first-order chi connectivity index (χ1) is 30.6. The molecule has 2 aromatic carbocycles. The van der Waals surface area contributed by atoms with Crippen LogP contribution < -0.4 is 16.0 Å². The fraction of sp³-hybridized carbons (Fsp3) is 0.523. The molecule has 0 unspecified atom stereocenters. The summed E-state index contributed by atoms with van der Waals surface area (Å²) in [6, 6.07) is 6.58. The number of carbonyl (C=O) groups is 9. The summed E-state index contributed by atoms with van der Waals surface area (Å²) >= 11 is 0. The largest absolute Gasteiger partial charge is 0.508 e. The molecule has 2 rings (SSSR count). The quantitative estimate of drug-likeness (QED) is 0.0455. The van der Waals surface area contributed by atoms with Gasteiger partial charge in [0.15, 0.2) is 0 Å². The minimum atomic E-state index is -1.42. The lowest BCUT2D eigenvalue weighted by Gasteiger charge is -2.27. The number of nitrogens with one attached hydrogen (secondary N) is 3. The van der Waals surface area contributed by atoms with E-state index in [0.29, 0.717) is 40.7 Å². The van der Waals surface area contributed by atoms with Gasteiger partial charge in [0.1, 0.15) is 23.3 Å². The number of nitrogens with zero attached hydrogens (tertiary/aromatic N) is 2. The monoisotopic (exact) mass is 915 g/mol. The Morgan fingerprint density at radius 3 is 1.77 bits per heavy atom. The van der Waals surface area contributed by atoms with E-state index in [1.807, 2.05) is 0 Å². The molecule has 65 heavy (non-hydrogen) atoms. The molecule has 0 aromatic heterocycles. The second-order valence-electron chi connectivity index (χ2n) is 15.8. The number of hydrogen-bond donors (Lipinski definition) is 10. The highest BCUT2D eigenvalue weighted by Gasteiger charge is 2.25. The van der Waals surface area contributed by atoms with E-state index in [-0.39, 0.29) is 120 Å². The van der Waals surface area contributed by atoms with Gasteiger partial charge in [-0.2, -0.15) is 0 Å². The Bertz CT molecular complexity index is 2010. The van der Waals surface area contributed by atoms with E-state index >= 15 is 0 Å². The van der Waals surface area contributed by atoms with Crippen LogP contribution >= 0.6 is 0 Å². The van der Waals surface area contributed by atoms with E-state index in [0.717, 1.165) is 0 Å². The molecule has 2 atom stereocenters. The first-order valence-corrected chi connectivity index (χ1v) is 21.1. The van der Waals surface area contributed by atoms with Gasteiger partial charge in [-0.3, -0.25) is 48.2 Å². The number of amides is 3. The summed E-state index contributed by atoms with van der Waals surface area (Å²) in [5, 5.41) is 75.4. The zero-order valence-corrected chi connectivity index (χ0v) is 36.7. The molecule has 10 N–H and O–H groups in total. The van der Waals surface area contributed by atoms with Gasteiger partial charge in [-0.05, 0) is 75.1 Å². The van der Waals surface area contributed by atoms with Gasteiger partial charge in [-0.25, -0.2) is 4.79 Å². The summed E-state index contributed by atoms with van der Waals surface area (Å²) < 4.78 is 0. The van der Waals surface area contributed by atoms with Crippen LogP contribution in [-0.4, -0.2) is 144 Å². The van der Waals surface area contributed by atoms with Gasteiger partial charge in [0.2, 0.25) is 17.7 Å². The van der Waals surface area contributed by atoms with E-state index < -0.39 is 67.2 Å². The molecule has 0 aliphatic rings. The Morgan fingerprint density at radius 2 is 1.18 bits per heavy atom. The SMILES string of the molecule is CC(=O)[C@H](CCNC(=O)CCCCNC(=O)CCc1ccc(O)c(CN(CCN(CC(=O)O)Cc2cc(CCC(=O)O)cc(C)c2O)CC(=O)O)c1)CC(=O)N[C@@H](CCC(=O)O)C(=O)O. The molecule has 0 fully saturated rings. The van der Waals surface area contributed by atoms with Crippen LogP contribution in [0.1, 0.15) is 92.5 Å². The average Bonchev–Trinajstić information content (AvgIpc) is 3.21. The van der Waals surface area contributed by atoms with Gasteiger partial charge in [0.25, 0.3) is 0 Å². The average molecular weight is 916 g/mol. The maximum Gasteiger partial charge on any atom is 0.326 e. The third-order valence-electron chi connectivity index (χ3n) is 10.3. The molecule has 0 heterocycles. The molecule has 0 saturated carbocycles. The van der Waals surface area contributed by atoms with Crippen molar-refractivity contribution in [2.24, 2.45) is 5.92 Å². The second kappa shape index (κ2) is 28.2. The number of ketones is 1. The molecule has 21 heteroatoms. The standard InChI is InChI=1S/C44H61N5O16/c1-27-19-30(8-12-39(55)56)21-33(43(27)63)24-49(26-42(61)62)18-17-48(25-41(59)60)23-32-20-29(6-10-35(32)51)7-11-37(53)45-15-4-3-5-36(52)46-16-14-31(28(2)50)22-38(54)47-34(44(64)65)9-13-40(57)58/h6,10,19-21,31,34,51,63H,3-5,7-9,11-18,22-26H2,1-2H3,(H,45,53)(H,46,52)(H,47,54)(H,55,56)(H,57,58)(H,59,60)(H,61,62)(H,64,65)/t31-,34+/m1/s1.